The molecular formula is C17H19Cl2NS. The number of hydrogen-bond acceptors (Lipinski definition) is 2. The van der Waals surface area contributed by atoms with E-state index in [4.69, 9.17) is 23.2 Å². The van der Waals surface area contributed by atoms with E-state index >= 15 is 0 Å². The van der Waals surface area contributed by atoms with Crippen LogP contribution in [0.5, 0.6) is 0 Å². The van der Waals surface area contributed by atoms with Gasteiger partial charge in [0.05, 0.1) is 10.0 Å². The van der Waals surface area contributed by atoms with Crippen molar-refractivity contribution in [1.82, 2.24) is 5.32 Å². The third kappa shape index (κ3) is 4.93. The van der Waals surface area contributed by atoms with Crippen molar-refractivity contribution >= 4 is 35.0 Å². The molecular weight excluding hydrogens is 321 g/mol. The quantitative estimate of drug-likeness (QED) is 0.652. The fourth-order valence-corrected chi connectivity index (χ4v) is 3.23. The molecule has 2 aromatic carbocycles. The zero-order chi connectivity index (χ0) is 15.2. The summed E-state index contributed by atoms with van der Waals surface area (Å²) < 4.78 is 0. The summed E-state index contributed by atoms with van der Waals surface area (Å²) in [6.45, 7) is 5.29. The van der Waals surface area contributed by atoms with Crippen LogP contribution in [0.2, 0.25) is 10.0 Å². The first-order valence-electron chi connectivity index (χ1n) is 7.00. The zero-order valence-electron chi connectivity index (χ0n) is 12.2. The smallest absolute Gasteiger partial charge is 0.0595 e. The van der Waals surface area contributed by atoms with E-state index in [1.54, 1.807) is 11.8 Å². The minimum atomic E-state index is 0.393. The van der Waals surface area contributed by atoms with Crippen LogP contribution in [0.15, 0.2) is 47.4 Å². The summed E-state index contributed by atoms with van der Waals surface area (Å²) in [5.74, 6) is 0.888. The molecule has 0 bridgehead atoms. The second kappa shape index (κ2) is 8.09. The summed E-state index contributed by atoms with van der Waals surface area (Å²) in [4.78, 5) is 1.26. The molecule has 2 rings (SSSR count). The molecule has 1 unspecified atom stereocenters. The summed E-state index contributed by atoms with van der Waals surface area (Å²) in [5, 5.41) is 4.64. The van der Waals surface area contributed by atoms with Crippen molar-refractivity contribution in [3.63, 3.8) is 0 Å². The number of halogens is 2. The molecule has 4 heteroatoms. The standard InChI is InChI=1S/C17H19Cl2NS/c1-3-20-12(2)14-5-7-15(8-6-14)21-11-13-4-9-16(18)17(19)10-13/h4-10,12,20H,3,11H2,1-2H3. The van der Waals surface area contributed by atoms with Gasteiger partial charge in [-0.05, 0) is 48.9 Å². The molecule has 0 spiro atoms. The van der Waals surface area contributed by atoms with E-state index in [-0.39, 0.29) is 0 Å². The van der Waals surface area contributed by atoms with Gasteiger partial charge < -0.3 is 5.32 Å². The van der Waals surface area contributed by atoms with Crippen LogP contribution in [0.25, 0.3) is 0 Å². The predicted octanol–water partition coefficient (Wildman–Crippen LogP) is 5.96. The molecule has 21 heavy (non-hydrogen) atoms. The van der Waals surface area contributed by atoms with Gasteiger partial charge in [0.1, 0.15) is 0 Å². The molecule has 1 nitrogen and oxygen atoms in total. The van der Waals surface area contributed by atoms with Crippen LogP contribution in [-0.2, 0) is 5.75 Å². The van der Waals surface area contributed by atoms with Gasteiger partial charge >= 0.3 is 0 Å². The SMILES string of the molecule is CCNC(C)c1ccc(SCc2ccc(Cl)c(Cl)c2)cc1. The molecule has 0 aliphatic rings. The summed E-state index contributed by atoms with van der Waals surface area (Å²) in [5.41, 5.74) is 2.50. The first kappa shape index (κ1) is 16.7. The Hall–Kier alpha value is -0.670. The van der Waals surface area contributed by atoms with Crippen molar-refractivity contribution in [3.8, 4) is 0 Å². The van der Waals surface area contributed by atoms with Crippen molar-refractivity contribution in [1.29, 1.82) is 0 Å². The van der Waals surface area contributed by atoms with Gasteiger partial charge in [0.15, 0.2) is 0 Å². The van der Waals surface area contributed by atoms with Crippen LogP contribution in [0.4, 0.5) is 0 Å². The zero-order valence-corrected chi connectivity index (χ0v) is 14.5. The Morgan fingerprint density at radius 1 is 1.05 bits per heavy atom. The molecule has 0 amide bonds. The lowest BCUT2D eigenvalue weighted by atomic mass is 10.1. The monoisotopic (exact) mass is 339 g/mol. The van der Waals surface area contributed by atoms with E-state index < -0.39 is 0 Å². The molecule has 0 heterocycles. The molecule has 112 valence electrons. The van der Waals surface area contributed by atoms with Crippen LogP contribution in [0.1, 0.15) is 31.0 Å². The van der Waals surface area contributed by atoms with Crippen molar-refractivity contribution in [2.75, 3.05) is 6.54 Å². The Bertz CT molecular complexity index is 584. The highest BCUT2D eigenvalue weighted by Crippen LogP contribution is 2.28. The highest BCUT2D eigenvalue weighted by molar-refractivity contribution is 7.98. The van der Waals surface area contributed by atoms with Gasteiger partial charge in [-0.2, -0.15) is 0 Å². The van der Waals surface area contributed by atoms with Gasteiger partial charge in [0.2, 0.25) is 0 Å². The maximum atomic E-state index is 6.03. The number of hydrogen-bond donors (Lipinski definition) is 1. The van der Waals surface area contributed by atoms with E-state index in [0.29, 0.717) is 16.1 Å². The maximum absolute atomic E-state index is 6.03. The van der Waals surface area contributed by atoms with E-state index in [9.17, 15) is 0 Å². The first-order valence-corrected chi connectivity index (χ1v) is 8.74. The summed E-state index contributed by atoms with van der Waals surface area (Å²) >= 11 is 13.8. The molecule has 0 aromatic heterocycles. The third-order valence-corrected chi connectivity index (χ3v) is 5.10. The average molecular weight is 340 g/mol. The molecule has 0 saturated heterocycles. The topological polar surface area (TPSA) is 12.0 Å². The summed E-state index contributed by atoms with van der Waals surface area (Å²) in [6, 6.07) is 14.9. The molecule has 0 aliphatic heterocycles. The fraction of sp³-hybridized carbons (Fsp3) is 0.294. The molecule has 0 aliphatic carbocycles. The molecule has 1 N–H and O–H groups in total. The predicted molar refractivity (Wildman–Crippen MR) is 94.6 cm³/mol. The highest BCUT2D eigenvalue weighted by atomic mass is 35.5. The van der Waals surface area contributed by atoms with E-state index in [2.05, 4.69) is 43.4 Å². The number of benzene rings is 2. The second-order valence-corrected chi connectivity index (χ2v) is 6.75. The lowest BCUT2D eigenvalue weighted by Gasteiger charge is -2.13. The molecule has 2 aromatic rings. The van der Waals surface area contributed by atoms with Gasteiger partial charge in [0.25, 0.3) is 0 Å². The number of rotatable bonds is 6. The fourth-order valence-electron chi connectivity index (χ4n) is 2.07. The summed E-state index contributed by atoms with van der Waals surface area (Å²) in [6.07, 6.45) is 0. The normalized spacial score (nSPS) is 12.4. The first-order chi connectivity index (χ1) is 10.1. The van der Waals surface area contributed by atoms with Crippen molar-refractivity contribution < 1.29 is 0 Å². The van der Waals surface area contributed by atoms with E-state index in [1.807, 2.05) is 18.2 Å². The molecule has 0 radical (unpaired) electrons. The van der Waals surface area contributed by atoms with Gasteiger partial charge in [-0.1, -0.05) is 48.3 Å². The van der Waals surface area contributed by atoms with Gasteiger partial charge in [-0.25, -0.2) is 0 Å². The largest absolute Gasteiger partial charge is 0.310 e. The molecule has 0 saturated carbocycles. The number of nitrogens with one attached hydrogen (secondary N) is 1. The second-order valence-electron chi connectivity index (χ2n) is 4.89. The van der Waals surface area contributed by atoms with Crippen LogP contribution in [0, 0.1) is 0 Å². The Morgan fingerprint density at radius 3 is 2.38 bits per heavy atom. The maximum Gasteiger partial charge on any atom is 0.0595 e. The third-order valence-electron chi connectivity index (χ3n) is 3.28. The van der Waals surface area contributed by atoms with Crippen molar-refractivity contribution in [2.45, 2.75) is 30.5 Å². The van der Waals surface area contributed by atoms with Gasteiger partial charge in [0, 0.05) is 16.7 Å². The Balaban J connectivity index is 1.95. The van der Waals surface area contributed by atoms with Crippen LogP contribution in [0.3, 0.4) is 0 Å². The number of thioether (sulfide) groups is 1. The molecule has 1 atom stereocenters. The molecule has 0 fully saturated rings. The summed E-state index contributed by atoms with van der Waals surface area (Å²) in [7, 11) is 0. The van der Waals surface area contributed by atoms with E-state index in [1.165, 1.54) is 16.0 Å². The lowest BCUT2D eigenvalue weighted by molar-refractivity contribution is 0.598. The van der Waals surface area contributed by atoms with Crippen LogP contribution >= 0.6 is 35.0 Å². The highest BCUT2D eigenvalue weighted by Gasteiger charge is 2.04. The van der Waals surface area contributed by atoms with Gasteiger partial charge in [-0.15, -0.1) is 11.8 Å². The minimum Gasteiger partial charge on any atom is -0.310 e. The van der Waals surface area contributed by atoms with Crippen LogP contribution < -0.4 is 5.32 Å². The van der Waals surface area contributed by atoms with E-state index in [0.717, 1.165) is 12.3 Å². The van der Waals surface area contributed by atoms with Crippen molar-refractivity contribution in [3.05, 3.63) is 63.6 Å². The van der Waals surface area contributed by atoms with Crippen LogP contribution in [-0.4, -0.2) is 6.54 Å². The van der Waals surface area contributed by atoms with Crippen molar-refractivity contribution in [2.24, 2.45) is 0 Å². The average Bonchev–Trinajstić information content (AvgIpc) is 2.49. The lowest BCUT2D eigenvalue weighted by Crippen LogP contribution is -2.17. The Morgan fingerprint density at radius 2 is 1.76 bits per heavy atom. The Labute approximate surface area is 141 Å². The minimum absolute atomic E-state index is 0.393. The van der Waals surface area contributed by atoms with Gasteiger partial charge in [-0.3, -0.25) is 0 Å². The Kier molecular flexibility index (Phi) is 6.43.